The molecule has 34 heavy (non-hydrogen) atoms. The summed E-state index contributed by atoms with van der Waals surface area (Å²) in [6.45, 7) is 0.357. The van der Waals surface area contributed by atoms with Crippen LogP contribution in [-0.4, -0.2) is 35.7 Å². The van der Waals surface area contributed by atoms with Gasteiger partial charge in [0.15, 0.2) is 5.65 Å². The van der Waals surface area contributed by atoms with E-state index in [1.807, 2.05) is 48.0 Å². The summed E-state index contributed by atoms with van der Waals surface area (Å²) in [5.41, 5.74) is 11.3. The van der Waals surface area contributed by atoms with Crippen molar-refractivity contribution in [2.24, 2.45) is 7.05 Å². The lowest BCUT2D eigenvalue weighted by Gasteiger charge is -2.07. The van der Waals surface area contributed by atoms with Crippen LogP contribution in [0.1, 0.15) is 21.7 Å². The monoisotopic (exact) mass is 468 g/mol. The fourth-order valence-electron chi connectivity index (χ4n) is 4.38. The quantitative estimate of drug-likeness (QED) is 0.263. The highest BCUT2D eigenvalue weighted by molar-refractivity contribution is 7.19. The molecule has 0 aliphatic rings. The van der Waals surface area contributed by atoms with Gasteiger partial charge in [-0.05, 0) is 29.3 Å². The Morgan fingerprint density at radius 1 is 1.21 bits per heavy atom. The molecule has 0 aliphatic heterocycles. The average Bonchev–Trinajstić information content (AvgIpc) is 3.54. The molecule has 2 aromatic carbocycles. The summed E-state index contributed by atoms with van der Waals surface area (Å²) < 4.78 is 4.29. The SMILES string of the molecule is Cn1c2nc(Cc3ccc(N)c(C=N)c3)sc2c2cnn(Cc3cccc4[nH]ncc34)c(=O)c21. The molecule has 6 rings (SSSR count). The van der Waals surface area contributed by atoms with E-state index in [-0.39, 0.29) is 5.56 Å². The molecule has 0 fully saturated rings. The summed E-state index contributed by atoms with van der Waals surface area (Å²) in [5.74, 6) is 0. The molecule has 0 atom stereocenters. The maximum absolute atomic E-state index is 13.4. The number of aromatic amines is 1. The van der Waals surface area contributed by atoms with Gasteiger partial charge >= 0.3 is 0 Å². The van der Waals surface area contributed by atoms with E-state index in [1.54, 1.807) is 23.7 Å². The minimum atomic E-state index is -0.151. The van der Waals surface area contributed by atoms with Crippen molar-refractivity contribution in [2.45, 2.75) is 13.0 Å². The molecule has 9 nitrogen and oxygen atoms in total. The second-order valence-electron chi connectivity index (χ2n) is 8.22. The normalized spacial score (nSPS) is 11.7. The van der Waals surface area contributed by atoms with Gasteiger partial charge in [-0.3, -0.25) is 9.89 Å². The molecule has 0 amide bonds. The van der Waals surface area contributed by atoms with Crippen molar-refractivity contribution < 1.29 is 0 Å². The van der Waals surface area contributed by atoms with Gasteiger partial charge < -0.3 is 15.7 Å². The molecule has 0 aliphatic carbocycles. The molecule has 6 aromatic rings. The number of aryl methyl sites for hydroxylation is 1. The number of nitrogens with two attached hydrogens (primary N) is 1. The molecule has 10 heteroatoms. The summed E-state index contributed by atoms with van der Waals surface area (Å²) in [7, 11) is 1.87. The largest absolute Gasteiger partial charge is 0.398 e. The Kier molecular flexibility index (Phi) is 4.56. The summed E-state index contributed by atoms with van der Waals surface area (Å²) in [6, 6.07) is 11.6. The van der Waals surface area contributed by atoms with Crippen LogP contribution in [0.4, 0.5) is 5.69 Å². The number of anilines is 1. The molecule has 4 heterocycles. The zero-order valence-electron chi connectivity index (χ0n) is 18.2. The first-order valence-electron chi connectivity index (χ1n) is 10.7. The van der Waals surface area contributed by atoms with Crippen molar-refractivity contribution in [1.82, 2.24) is 29.5 Å². The highest BCUT2D eigenvalue weighted by Gasteiger charge is 2.19. The van der Waals surface area contributed by atoms with Crippen LogP contribution in [0.15, 0.2) is 53.6 Å². The van der Waals surface area contributed by atoms with E-state index in [2.05, 4.69) is 15.3 Å². The van der Waals surface area contributed by atoms with E-state index < -0.39 is 0 Å². The number of aromatic nitrogens is 6. The molecule has 0 saturated heterocycles. The number of hydrogen-bond donors (Lipinski definition) is 3. The highest BCUT2D eigenvalue weighted by Crippen LogP contribution is 2.32. The Hall–Kier alpha value is -4.31. The third-order valence-corrected chi connectivity index (χ3v) is 7.20. The molecule has 0 bridgehead atoms. The van der Waals surface area contributed by atoms with E-state index in [9.17, 15) is 4.79 Å². The number of hydrogen-bond acceptors (Lipinski definition) is 7. The van der Waals surface area contributed by atoms with Crippen LogP contribution < -0.4 is 11.3 Å². The number of thiazole rings is 1. The van der Waals surface area contributed by atoms with Gasteiger partial charge in [0.25, 0.3) is 5.56 Å². The molecule has 168 valence electrons. The third kappa shape index (κ3) is 3.11. The first-order chi connectivity index (χ1) is 16.5. The van der Waals surface area contributed by atoms with E-state index in [1.165, 1.54) is 10.9 Å². The topological polar surface area (TPSA) is 131 Å². The first-order valence-corrected chi connectivity index (χ1v) is 11.5. The van der Waals surface area contributed by atoms with Gasteiger partial charge in [0.2, 0.25) is 0 Å². The second kappa shape index (κ2) is 7.63. The van der Waals surface area contributed by atoms with Crippen LogP contribution in [0.5, 0.6) is 0 Å². The zero-order chi connectivity index (χ0) is 23.4. The fraction of sp³-hybridized carbons (Fsp3) is 0.125. The average molecular weight is 469 g/mol. The Balaban J connectivity index is 1.40. The molecule has 0 unspecified atom stereocenters. The van der Waals surface area contributed by atoms with Crippen molar-refractivity contribution in [3.63, 3.8) is 0 Å². The van der Waals surface area contributed by atoms with Gasteiger partial charge in [0.1, 0.15) is 10.5 Å². The number of nitrogens with zero attached hydrogens (tertiary/aromatic N) is 5. The predicted molar refractivity (Wildman–Crippen MR) is 135 cm³/mol. The van der Waals surface area contributed by atoms with Gasteiger partial charge in [0, 0.05) is 41.7 Å². The standard InChI is InChI=1S/C24H20N8OS/c1-31-21-17(11-28-32(24(21)33)12-14-3-2-4-19-16(14)10-27-30-19)22-23(31)29-20(34-22)8-13-5-6-18(26)15(7-13)9-25/h2-7,9-11,25H,8,12,26H2,1H3,(H,27,30). The van der Waals surface area contributed by atoms with Gasteiger partial charge in [-0.1, -0.05) is 18.2 Å². The first kappa shape index (κ1) is 20.3. The van der Waals surface area contributed by atoms with Crippen LogP contribution in [0.3, 0.4) is 0 Å². The molecule has 0 saturated carbocycles. The molecular weight excluding hydrogens is 448 g/mol. The summed E-state index contributed by atoms with van der Waals surface area (Å²) in [5, 5.41) is 21.8. The Morgan fingerprint density at radius 3 is 2.94 bits per heavy atom. The molecule has 4 aromatic heterocycles. The molecule has 0 spiro atoms. The lowest BCUT2D eigenvalue weighted by Crippen LogP contribution is -2.24. The van der Waals surface area contributed by atoms with E-state index in [0.717, 1.165) is 42.8 Å². The van der Waals surface area contributed by atoms with Crippen molar-refractivity contribution in [1.29, 1.82) is 5.41 Å². The minimum absolute atomic E-state index is 0.151. The lowest BCUT2D eigenvalue weighted by atomic mass is 10.1. The Labute approximate surface area is 197 Å². The highest BCUT2D eigenvalue weighted by atomic mass is 32.1. The lowest BCUT2D eigenvalue weighted by molar-refractivity contribution is 0.647. The number of rotatable bonds is 5. The Bertz CT molecular complexity index is 1790. The number of H-pyrrole nitrogens is 1. The number of nitrogen functional groups attached to an aromatic ring is 1. The Morgan fingerprint density at radius 2 is 2.09 bits per heavy atom. The van der Waals surface area contributed by atoms with Crippen molar-refractivity contribution in [3.8, 4) is 0 Å². The van der Waals surface area contributed by atoms with Crippen molar-refractivity contribution in [3.05, 3.63) is 80.8 Å². The van der Waals surface area contributed by atoms with Crippen LogP contribution in [0.2, 0.25) is 0 Å². The third-order valence-electron chi connectivity index (χ3n) is 6.13. The van der Waals surface area contributed by atoms with Crippen molar-refractivity contribution in [2.75, 3.05) is 5.73 Å². The van der Waals surface area contributed by atoms with Crippen LogP contribution in [-0.2, 0) is 20.0 Å². The maximum atomic E-state index is 13.4. The summed E-state index contributed by atoms with van der Waals surface area (Å²) in [4.78, 5) is 18.2. The van der Waals surface area contributed by atoms with Crippen molar-refractivity contribution >= 4 is 55.4 Å². The molecular formula is C24H20N8OS. The summed E-state index contributed by atoms with van der Waals surface area (Å²) in [6.07, 6.45) is 5.41. The number of benzene rings is 2. The van der Waals surface area contributed by atoms with Crippen LogP contribution >= 0.6 is 11.3 Å². The van der Waals surface area contributed by atoms with Crippen LogP contribution in [0, 0.1) is 5.41 Å². The smallest absolute Gasteiger partial charge is 0.291 e. The minimum Gasteiger partial charge on any atom is -0.398 e. The summed E-state index contributed by atoms with van der Waals surface area (Å²) >= 11 is 1.56. The zero-order valence-corrected chi connectivity index (χ0v) is 19.1. The number of fused-ring (bicyclic) bond motifs is 4. The molecule has 4 N–H and O–H groups in total. The van der Waals surface area contributed by atoms with Crippen LogP contribution in [0.25, 0.3) is 32.2 Å². The van der Waals surface area contributed by atoms with E-state index in [4.69, 9.17) is 16.1 Å². The predicted octanol–water partition coefficient (Wildman–Crippen LogP) is 3.44. The number of nitrogens with one attached hydrogen (secondary N) is 2. The molecule has 0 radical (unpaired) electrons. The van der Waals surface area contributed by atoms with E-state index >= 15 is 0 Å². The maximum Gasteiger partial charge on any atom is 0.291 e. The fourth-order valence-corrected chi connectivity index (χ4v) is 5.52. The second-order valence-corrected chi connectivity index (χ2v) is 9.31. The van der Waals surface area contributed by atoms with Gasteiger partial charge in [-0.2, -0.15) is 10.2 Å². The van der Waals surface area contributed by atoms with E-state index in [0.29, 0.717) is 29.7 Å². The van der Waals surface area contributed by atoms with Gasteiger partial charge in [0.05, 0.1) is 29.2 Å². The van der Waals surface area contributed by atoms with Gasteiger partial charge in [-0.15, -0.1) is 11.3 Å². The van der Waals surface area contributed by atoms with Gasteiger partial charge in [-0.25, -0.2) is 9.67 Å².